The maximum atomic E-state index is 12.8. The number of likely N-dealkylation sites (tertiary alicyclic amines) is 1. The number of hydrogen-bond acceptors (Lipinski definition) is 6. The monoisotopic (exact) mass is 418 g/mol. The summed E-state index contributed by atoms with van der Waals surface area (Å²) < 4.78 is 29.1. The molecule has 0 radical (unpaired) electrons. The van der Waals surface area contributed by atoms with Gasteiger partial charge in [-0.1, -0.05) is 12.1 Å². The van der Waals surface area contributed by atoms with Crippen LogP contribution >= 0.6 is 0 Å². The molecule has 4 aromatic rings. The van der Waals surface area contributed by atoms with E-state index in [-0.39, 0.29) is 18.1 Å². The molecule has 1 saturated heterocycles. The Balaban J connectivity index is 1.33. The third kappa shape index (κ3) is 4.14. The van der Waals surface area contributed by atoms with Gasteiger partial charge in [0.25, 0.3) is 0 Å². The number of hydrogen-bond donors (Lipinski definition) is 0. The predicted octanol–water partition coefficient (Wildman–Crippen LogP) is 3.86. The van der Waals surface area contributed by atoms with Gasteiger partial charge in [0.1, 0.15) is 12.0 Å². The van der Waals surface area contributed by atoms with Crippen molar-refractivity contribution in [3.63, 3.8) is 0 Å². The number of pyridine rings is 1. The van der Waals surface area contributed by atoms with Gasteiger partial charge < -0.3 is 9.32 Å². The molecule has 0 atom stereocenters. The molecule has 0 N–H and O–H groups in total. The van der Waals surface area contributed by atoms with E-state index in [0.29, 0.717) is 22.8 Å². The van der Waals surface area contributed by atoms with Gasteiger partial charge in [-0.25, -0.2) is 4.98 Å². The number of ketones is 1. The molecule has 4 heterocycles. The lowest BCUT2D eigenvalue weighted by Gasteiger charge is -2.26. The van der Waals surface area contributed by atoms with Crippen molar-refractivity contribution in [2.24, 2.45) is 6.98 Å². The molecule has 5 rings (SSSR count). The molecule has 158 valence electrons. The molecular formula is C24H25N5O2. The van der Waals surface area contributed by atoms with Crippen LogP contribution in [0.5, 0.6) is 0 Å². The van der Waals surface area contributed by atoms with Crippen molar-refractivity contribution in [1.29, 1.82) is 0 Å². The largest absolute Gasteiger partial charge is 0.448 e. The van der Waals surface area contributed by atoms with Crippen molar-refractivity contribution < 1.29 is 13.3 Å². The lowest BCUT2D eigenvalue weighted by atomic mass is 9.97. The summed E-state index contributed by atoms with van der Waals surface area (Å²) in [5.41, 5.74) is 2.51. The number of benzene rings is 1. The minimum atomic E-state index is -2.32. The zero-order valence-corrected chi connectivity index (χ0v) is 17.3. The number of aromatic nitrogens is 4. The quantitative estimate of drug-likeness (QED) is 0.458. The second-order valence-electron chi connectivity index (χ2n) is 8.16. The van der Waals surface area contributed by atoms with E-state index in [9.17, 15) is 4.79 Å². The van der Waals surface area contributed by atoms with E-state index in [0.717, 1.165) is 46.9 Å². The van der Waals surface area contributed by atoms with Crippen LogP contribution in [0.4, 0.5) is 0 Å². The highest BCUT2D eigenvalue weighted by Gasteiger charge is 2.24. The summed E-state index contributed by atoms with van der Waals surface area (Å²) in [6.45, 7) is -0.326. The summed E-state index contributed by atoms with van der Waals surface area (Å²) in [5, 5.41) is 5.78. The molecule has 31 heavy (non-hydrogen) atoms. The molecule has 0 unspecified atom stereocenters. The predicted molar refractivity (Wildman–Crippen MR) is 118 cm³/mol. The van der Waals surface area contributed by atoms with Gasteiger partial charge in [-0.05, 0) is 56.1 Å². The van der Waals surface area contributed by atoms with Crippen LogP contribution in [-0.4, -0.2) is 50.6 Å². The van der Waals surface area contributed by atoms with Gasteiger partial charge in [-0.2, -0.15) is 5.10 Å². The highest BCUT2D eigenvalue weighted by molar-refractivity contribution is 5.96. The molecule has 1 aromatic carbocycles. The van der Waals surface area contributed by atoms with Crippen molar-refractivity contribution in [2.45, 2.75) is 25.2 Å². The minimum absolute atomic E-state index is 0.122. The Morgan fingerprint density at radius 2 is 2.06 bits per heavy atom. The number of carbonyl (C=O) groups is 1. The summed E-state index contributed by atoms with van der Waals surface area (Å²) in [6.07, 6.45) is 8.31. The first-order valence-electron chi connectivity index (χ1n) is 11.9. The summed E-state index contributed by atoms with van der Waals surface area (Å²) >= 11 is 0. The average Bonchev–Trinajstić information content (AvgIpc) is 3.49. The number of aryl methyl sites for hydroxylation is 1. The smallest absolute Gasteiger partial charge is 0.197 e. The van der Waals surface area contributed by atoms with Crippen LogP contribution < -0.4 is 0 Å². The third-order valence-electron chi connectivity index (χ3n) is 5.91. The molecular weight excluding hydrogens is 390 g/mol. The van der Waals surface area contributed by atoms with Crippen LogP contribution in [0.1, 0.15) is 44.9 Å². The zero-order chi connectivity index (χ0) is 23.9. The van der Waals surface area contributed by atoms with E-state index in [1.165, 1.54) is 18.7 Å². The van der Waals surface area contributed by atoms with Gasteiger partial charge in [-0.3, -0.25) is 14.5 Å². The highest BCUT2D eigenvalue weighted by Crippen LogP contribution is 2.27. The number of fused-ring (bicyclic) bond motifs is 1. The molecule has 0 saturated carbocycles. The first-order chi connectivity index (χ1) is 16.3. The number of rotatable bonds is 5. The van der Waals surface area contributed by atoms with Crippen LogP contribution in [0.15, 0.2) is 53.5 Å². The maximum absolute atomic E-state index is 12.8. The number of oxazole rings is 1. The van der Waals surface area contributed by atoms with Gasteiger partial charge in [0.05, 0.1) is 12.6 Å². The van der Waals surface area contributed by atoms with Gasteiger partial charge in [0.2, 0.25) is 0 Å². The Kier molecular flexibility index (Phi) is 4.27. The fraction of sp³-hybridized carbons (Fsp3) is 0.333. The van der Waals surface area contributed by atoms with E-state index in [4.69, 9.17) is 8.53 Å². The molecule has 1 aliphatic heterocycles. The van der Waals surface area contributed by atoms with Gasteiger partial charge in [0, 0.05) is 46.0 Å². The SMILES string of the molecule is [2H]C([2H])([2H])n1cc(-c2ccc3cnc(CC(=O)c4coc(C5CCN(C)CC5)n4)cc3c2)cn1. The van der Waals surface area contributed by atoms with Gasteiger partial charge >= 0.3 is 0 Å². The highest BCUT2D eigenvalue weighted by atomic mass is 16.3. The van der Waals surface area contributed by atoms with E-state index in [1.807, 2.05) is 24.3 Å². The molecule has 3 aromatic heterocycles. The first kappa shape index (κ1) is 16.4. The second-order valence-corrected chi connectivity index (χ2v) is 8.16. The van der Waals surface area contributed by atoms with Crippen LogP contribution in [0.3, 0.4) is 0 Å². The molecule has 1 aliphatic rings. The maximum Gasteiger partial charge on any atom is 0.197 e. The molecule has 7 heteroatoms. The van der Waals surface area contributed by atoms with Crippen molar-refractivity contribution >= 4 is 16.6 Å². The Bertz CT molecular complexity index is 1340. The minimum Gasteiger partial charge on any atom is -0.448 e. The topological polar surface area (TPSA) is 77.0 Å². The zero-order valence-electron chi connectivity index (χ0n) is 20.3. The van der Waals surface area contributed by atoms with Crippen molar-refractivity contribution in [1.82, 2.24) is 24.6 Å². The number of piperidine rings is 1. The van der Waals surface area contributed by atoms with E-state index < -0.39 is 6.98 Å². The number of Topliss-reactive ketones (excluding diaryl/α,β-unsaturated/α-hetero) is 1. The van der Waals surface area contributed by atoms with Gasteiger partial charge in [-0.15, -0.1) is 0 Å². The van der Waals surface area contributed by atoms with Crippen molar-refractivity contribution in [3.05, 3.63) is 66.4 Å². The number of nitrogens with zero attached hydrogens (tertiary/aromatic N) is 5. The lowest BCUT2D eigenvalue weighted by Crippen LogP contribution is -2.29. The van der Waals surface area contributed by atoms with Crippen molar-refractivity contribution in [3.8, 4) is 11.1 Å². The fourth-order valence-electron chi connectivity index (χ4n) is 4.05. The van der Waals surface area contributed by atoms with Crippen LogP contribution in [0, 0.1) is 0 Å². The molecule has 7 nitrogen and oxygen atoms in total. The van der Waals surface area contributed by atoms with Crippen LogP contribution in [0.25, 0.3) is 21.9 Å². The van der Waals surface area contributed by atoms with E-state index >= 15 is 0 Å². The lowest BCUT2D eigenvalue weighted by molar-refractivity contribution is 0.0987. The summed E-state index contributed by atoms with van der Waals surface area (Å²) in [7, 11) is 2.10. The Morgan fingerprint density at radius 3 is 2.87 bits per heavy atom. The normalized spacial score (nSPS) is 17.4. The number of carbonyl (C=O) groups excluding carboxylic acids is 1. The summed E-state index contributed by atoms with van der Waals surface area (Å²) in [5.74, 6) is 0.764. The molecule has 0 amide bonds. The molecule has 0 aliphatic carbocycles. The Morgan fingerprint density at radius 1 is 1.19 bits per heavy atom. The second kappa shape index (κ2) is 8.07. The van der Waals surface area contributed by atoms with E-state index in [2.05, 4.69) is 27.0 Å². The first-order valence-corrected chi connectivity index (χ1v) is 10.4. The molecule has 0 spiro atoms. The van der Waals surface area contributed by atoms with Gasteiger partial charge in [0.15, 0.2) is 11.7 Å². The third-order valence-corrected chi connectivity index (χ3v) is 5.91. The summed E-state index contributed by atoms with van der Waals surface area (Å²) in [6, 6.07) is 7.64. The Labute approximate surface area is 184 Å². The average molecular weight is 419 g/mol. The van der Waals surface area contributed by atoms with E-state index in [1.54, 1.807) is 6.20 Å². The van der Waals surface area contributed by atoms with Crippen LogP contribution in [-0.2, 0) is 13.4 Å². The van der Waals surface area contributed by atoms with Crippen LogP contribution in [0.2, 0.25) is 0 Å². The van der Waals surface area contributed by atoms with Crippen molar-refractivity contribution in [2.75, 3.05) is 20.1 Å². The fourth-order valence-corrected chi connectivity index (χ4v) is 4.05. The molecule has 0 bridgehead atoms. The Hall–Kier alpha value is -3.32. The standard InChI is InChI=1S/C24H25N5O2/c1-28-7-5-16(6-8-28)24-27-22(15-31-24)23(30)11-21-10-19-9-17(3-4-18(19)12-25-21)20-13-26-29(2)14-20/h3-4,9-10,12-16H,5-8,11H2,1-2H3/i2D3. The summed E-state index contributed by atoms with van der Waals surface area (Å²) in [4.78, 5) is 24.0. The molecule has 1 fully saturated rings.